The van der Waals surface area contributed by atoms with Crippen molar-refractivity contribution in [3.8, 4) is 33.8 Å². The van der Waals surface area contributed by atoms with Crippen molar-refractivity contribution in [1.29, 1.82) is 0 Å². The van der Waals surface area contributed by atoms with Gasteiger partial charge in [0.2, 0.25) is 0 Å². The van der Waals surface area contributed by atoms with Crippen molar-refractivity contribution in [3.63, 3.8) is 0 Å². The number of hydrogen-bond donors (Lipinski definition) is 0. The monoisotopic (exact) mass is 642 g/mol. The van der Waals surface area contributed by atoms with Crippen LogP contribution in [0.1, 0.15) is 25.0 Å². The van der Waals surface area contributed by atoms with Gasteiger partial charge in [0.15, 0.2) is 5.78 Å². The largest absolute Gasteiger partial charge is 0.490 e. The molecule has 0 bridgehead atoms. The summed E-state index contributed by atoms with van der Waals surface area (Å²) in [6, 6.07) is 31.2. The summed E-state index contributed by atoms with van der Waals surface area (Å²) in [5.74, 6) is 0.395. The molecule has 0 saturated heterocycles. The van der Waals surface area contributed by atoms with Gasteiger partial charge in [0.05, 0.1) is 0 Å². The quantitative estimate of drug-likeness (QED) is 0.0690. The zero-order chi connectivity index (χ0) is 34.3. The van der Waals surface area contributed by atoms with Crippen LogP contribution >= 0.6 is 0 Å². The summed E-state index contributed by atoms with van der Waals surface area (Å²) >= 11 is 0. The maximum atomic E-state index is 12.5. The van der Waals surface area contributed by atoms with Crippen LogP contribution in [0.4, 0.5) is 0 Å². The first-order valence-electron chi connectivity index (χ1n) is 15.4. The van der Waals surface area contributed by atoms with Gasteiger partial charge in [-0.3, -0.25) is 4.79 Å². The molecule has 0 radical (unpaired) electrons. The van der Waals surface area contributed by atoms with Crippen molar-refractivity contribution in [2.45, 2.75) is 13.8 Å². The second-order valence-corrected chi connectivity index (χ2v) is 10.9. The van der Waals surface area contributed by atoms with E-state index >= 15 is 0 Å². The molecule has 0 unspecified atom stereocenters. The summed E-state index contributed by atoms with van der Waals surface area (Å²) in [6.45, 7) is 11.1. The standard InChI is InChI=1S/C41H38O7/c1-29(2)40(43)47-27-25-45-38-21-15-35(16-22-38)33-11-5-31(6-12-33)9-19-37(42)20-10-32-7-13-34(14-8-32)36-17-23-39(24-18-36)46-26-28-48-41(44)30(3)4/h5-24H,1,3,25-28H2,2,4H3/b19-9+,20-10+. The van der Waals surface area contributed by atoms with Gasteiger partial charge in [-0.15, -0.1) is 0 Å². The summed E-state index contributed by atoms with van der Waals surface area (Å²) in [7, 11) is 0. The van der Waals surface area contributed by atoms with Gasteiger partial charge in [0.25, 0.3) is 0 Å². The smallest absolute Gasteiger partial charge is 0.333 e. The highest BCUT2D eigenvalue weighted by molar-refractivity contribution is 6.04. The van der Waals surface area contributed by atoms with Crippen molar-refractivity contribution >= 4 is 29.9 Å². The van der Waals surface area contributed by atoms with Crippen molar-refractivity contribution in [1.82, 2.24) is 0 Å². The Kier molecular flexibility index (Phi) is 12.9. The molecule has 0 amide bonds. The van der Waals surface area contributed by atoms with Crippen LogP contribution in [-0.2, 0) is 23.9 Å². The molecule has 4 aromatic rings. The van der Waals surface area contributed by atoms with Gasteiger partial charge in [0, 0.05) is 11.1 Å². The Bertz CT molecular complexity index is 1650. The van der Waals surface area contributed by atoms with Gasteiger partial charge >= 0.3 is 11.9 Å². The Hall–Kier alpha value is -5.95. The number of esters is 2. The lowest BCUT2D eigenvalue weighted by Crippen LogP contribution is -2.12. The van der Waals surface area contributed by atoms with Gasteiger partial charge in [-0.05, 0) is 83.6 Å². The van der Waals surface area contributed by atoms with E-state index in [0.29, 0.717) is 22.6 Å². The summed E-state index contributed by atoms with van der Waals surface area (Å²) in [6.07, 6.45) is 6.68. The molecule has 48 heavy (non-hydrogen) atoms. The summed E-state index contributed by atoms with van der Waals surface area (Å²) in [5.41, 5.74) is 6.66. The molecule has 7 heteroatoms. The van der Waals surface area contributed by atoms with Crippen LogP contribution in [-0.4, -0.2) is 44.1 Å². The first-order valence-corrected chi connectivity index (χ1v) is 15.4. The second kappa shape index (κ2) is 17.7. The van der Waals surface area contributed by atoms with Gasteiger partial charge in [-0.2, -0.15) is 0 Å². The Labute approximate surface area is 281 Å². The van der Waals surface area contributed by atoms with Crippen molar-refractivity contribution in [2.75, 3.05) is 26.4 Å². The molecule has 0 heterocycles. The van der Waals surface area contributed by atoms with E-state index in [1.165, 1.54) is 0 Å². The lowest BCUT2D eigenvalue weighted by atomic mass is 10.0. The fourth-order valence-corrected chi connectivity index (χ4v) is 4.31. The number of hydrogen-bond acceptors (Lipinski definition) is 7. The Morgan fingerprint density at radius 2 is 0.812 bits per heavy atom. The minimum atomic E-state index is -0.429. The first-order chi connectivity index (χ1) is 23.2. The molecule has 0 saturated carbocycles. The zero-order valence-electron chi connectivity index (χ0n) is 27.1. The Morgan fingerprint density at radius 1 is 0.500 bits per heavy atom. The molecule has 0 aliphatic carbocycles. The molecular weight excluding hydrogens is 604 g/mol. The maximum absolute atomic E-state index is 12.5. The van der Waals surface area contributed by atoms with E-state index in [1.807, 2.05) is 97.1 Å². The predicted molar refractivity (Wildman–Crippen MR) is 189 cm³/mol. The molecule has 0 spiro atoms. The summed E-state index contributed by atoms with van der Waals surface area (Å²) in [4.78, 5) is 35.3. The predicted octanol–water partition coefficient (Wildman–Crippen LogP) is 8.31. The van der Waals surface area contributed by atoms with Crippen LogP contribution in [0.5, 0.6) is 11.5 Å². The summed E-state index contributed by atoms with van der Waals surface area (Å²) < 4.78 is 21.3. The highest BCUT2D eigenvalue weighted by atomic mass is 16.6. The van der Waals surface area contributed by atoms with E-state index in [2.05, 4.69) is 13.2 Å². The second-order valence-electron chi connectivity index (χ2n) is 10.9. The summed E-state index contributed by atoms with van der Waals surface area (Å²) in [5, 5.41) is 0. The molecule has 4 rings (SSSR count). The highest BCUT2D eigenvalue weighted by Crippen LogP contribution is 2.24. The van der Waals surface area contributed by atoms with Gasteiger partial charge in [0.1, 0.15) is 37.9 Å². The minimum Gasteiger partial charge on any atom is -0.490 e. The fraction of sp³-hybridized carbons (Fsp3) is 0.146. The van der Waals surface area contributed by atoms with E-state index in [1.54, 1.807) is 38.2 Å². The van der Waals surface area contributed by atoms with Gasteiger partial charge in [-0.1, -0.05) is 98.1 Å². The third kappa shape index (κ3) is 11.1. The SMILES string of the molecule is C=C(C)C(=O)OCCOc1ccc(-c2ccc(/C=C/C(=O)/C=C/c3ccc(-c4ccc(OCCOC(=O)C(=C)C)cc4)cc3)cc2)cc1. The average molecular weight is 643 g/mol. The molecule has 244 valence electrons. The van der Waals surface area contributed by atoms with Crippen LogP contribution in [0, 0.1) is 0 Å². The minimum absolute atomic E-state index is 0.113. The molecule has 0 aromatic heterocycles. The first kappa shape index (κ1) is 34.9. The molecule has 0 atom stereocenters. The Balaban J connectivity index is 1.22. The van der Waals surface area contributed by atoms with Crippen molar-refractivity contribution in [2.24, 2.45) is 0 Å². The van der Waals surface area contributed by atoms with E-state index < -0.39 is 11.9 Å². The third-order valence-corrected chi connectivity index (χ3v) is 6.94. The lowest BCUT2D eigenvalue weighted by molar-refractivity contribution is -0.140. The zero-order valence-corrected chi connectivity index (χ0v) is 27.1. The number of ketones is 1. The van der Waals surface area contributed by atoms with Crippen LogP contribution in [0.25, 0.3) is 34.4 Å². The molecular formula is C41H38O7. The third-order valence-electron chi connectivity index (χ3n) is 6.94. The fourth-order valence-electron chi connectivity index (χ4n) is 4.31. The molecule has 0 N–H and O–H groups in total. The normalized spacial score (nSPS) is 10.9. The number of benzene rings is 4. The van der Waals surface area contributed by atoms with Crippen molar-refractivity contribution in [3.05, 3.63) is 145 Å². The van der Waals surface area contributed by atoms with E-state index in [4.69, 9.17) is 18.9 Å². The van der Waals surface area contributed by atoms with E-state index in [9.17, 15) is 14.4 Å². The van der Waals surface area contributed by atoms with Crippen molar-refractivity contribution < 1.29 is 33.3 Å². The number of ether oxygens (including phenoxy) is 4. The van der Waals surface area contributed by atoms with Crippen LogP contribution in [0.3, 0.4) is 0 Å². The topological polar surface area (TPSA) is 88.1 Å². The molecule has 4 aromatic carbocycles. The highest BCUT2D eigenvalue weighted by Gasteiger charge is 2.05. The molecule has 0 aliphatic heterocycles. The number of rotatable bonds is 16. The van der Waals surface area contributed by atoms with Crippen LogP contribution in [0.2, 0.25) is 0 Å². The number of allylic oxidation sites excluding steroid dienone is 2. The lowest BCUT2D eigenvalue weighted by Gasteiger charge is -2.08. The number of carbonyl (C=O) groups excluding carboxylic acids is 3. The number of carbonyl (C=O) groups is 3. The molecule has 0 fully saturated rings. The van der Waals surface area contributed by atoms with E-state index in [0.717, 1.165) is 33.4 Å². The molecule has 0 aliphatic rings. The Morgan fingerprint density at radius 3 is 1.12 bits per heavy atom. The molecule has 7 nitrogen and oxygen atoms in total. The van der Waals surface area contributed by atoms with E-state index in [-0.39, 0.29) is 32.2 Å². The van der Waals surface area contributed by atoms with Gasteiger partial charge < -0.3 is 18.9 Å². The average Bonchev–Trinajstić information content (AvgIpc) is 3.11. The maximum Gasteiger partial charge on any atom is 0.333 e. The van der Waals surface area contributed by atoms with Gasteiger partial charge in [-0.25, -0.2) is 9.59 Å². The van der Waals surface area contributed by atoms with Crippen LogP contribution < -0.4 is 9.47 Å². The van der Waals surface area contributed by atoms with Crippen LogP contribution in [0.15, 0.2) is 134 Å².